The zero-order valence-electron chi connectivity index (χ0n) is 9.81. The van der Waals surface area contributed by atoms with Gasteiger partial charge in [0, 0.05) is 12.6 Å². The maximum Gasteiger partial charge on any atom is 0.219 e. The van der Waals surface area contributed by atoms with Gasteiger partial charge in [-0.05, 0) is 13.8 Å². The van der Waals surface area contributed by atoms with Gasteiger partial charge in [-0.15, -0.1) is 0 Å². The van der Waals surface area contributed by atoms with E-state index < -0.39 is 0 Å². The van der Waals surface area contributed by atoms with E-state index in [1.165, 1.54) is 4.68 Å². The highest BCUT2D eigenvalue weighted by Crippen LogP contribution is 2.32. The number of rotatable bonds is 2. The number of fused-ring (bicyclic) bond motifs is 1. The average Bonchev–Trinajstić information content (AvgIpc) is 2.91. The number of nitrogens with zero attached hydrogens (tertiary/aromatic N) is 4. The minimum Gasteiger partial charge on any atom is -0.368 e. The fraction of sp³-hybridized carbons (Fsp3) is 0.455. The molecule has 0 fully saturated rings. The lowest BCUT2D eigenvalue weighted by Gasteiger charge is -2.05. The van der Waals surface area contributed by atoms with Gasteiger partial charge in [0.05, 0.1) is 30.1 Å². The summed E-state index contributed by atoms with van der Waals surface area (Å²) in [5.74, 6) is 0.580. The Morgan fingerprint density at radius 1 is 1.29 bits per heavy atom. The van der Waals surface area contributed by atoms with Gasteiger partial charge >= 0.3 is 0 Å². The monoisotopic (exact) mass is 235 g/mol. The smallest absolute Gasteiger partial charge is 0.219 e. The van der Waals surface area contributed by atoms with E-state index in [1.54, 1.807) is 12.4 Å². The first-order valence-electron chi connectivity index (χ1n) is 5.71. The molecule has 0 bridgehead atoms. The summed E-state index contributed by atoms with van der Waals surface area (Å²) in [7, 11) is 0. The molecule has 2 aromatic rings. The van der Waals surface area contributed by atoms with Crippen molar-refractivity contribution in [3.05, 3.63) is 18.3 Å². The zero-order chi connectivity index (χ0) is 12.0. The molecule has 3 heterocycles. The third kappa shape index (κ3) is 1.44. The number of anilines is 1. The molecule has 0 spiro atoms. The van der Waals surface area contributed by atoms with Gasteiger partial charge in [-0.1, -0.05) is 0 Å². The van der Waals surface area contributed by atoms with Crippen LogP contribution in [0.25, 0.3) is 11.1 Å². The molecule has 0 unspecified atom stereocenters. The summed E-state index contributed by atoms with van der Waals surface area (Å²) in [5.41, 5.74) is 1.29. The van der Waals surface area contributed by atoms with Crippen LogP contribution in [0.2, 0.25) is 0 Å². The standard InChI is InChI=1S/C11H14FN5/c1-7(2)17-10(12)8(5-15-17)9-6-14-16-4-3-13-11(9)16/h5-7,13H,3-4H2,1-2H3. The van der Waals surface area contributed by atoms with Gasteiger partial charge in [0.1, 0.15) is 5.82 Å². The fourth-order valence-electron chi connectivity index (χ4n) is 2.11. The van der Waals surface area contributed by atoms with Gasteiger partial charge in [0.2, 0.25) is 5.95 Å². The molecule has 1 aliphatic rings. The molecule has 0 aromatic carbocycles. The molecule has 1 N–H and O–H groups in total. The Labute approximate surface area is 98.2 Å². The summed E-state index contributed by atoms with van der Waals surface area (Å²) in [6.45, 7) is 5.48. The Bertz CT molecular complexity index is 554. The SMILES string of the molecule is CC(C)n1ncc(-c2cnn3c2NCC3)c1F. The largest absolute Gasteiger partial charge is 0.368 e. The summed E-state index contributed by atoms with van der Waals surface area (Å²) in [4.78, 5) is 0. The van der Waals surface area contributed by atoms with Crippen LogP contribution in [0.3, 0.4) is 0 Å². The van der Waals surface area contributed by atoms with Crippen LogP contribution < -0.4 is 5.32 Å². The molecular formula is C11H14FN5. The van der Waals surface area contributed by atoms with Gasteiger partial charge in [-0.2, -0.15) is 14.6 Å². The van der Waals surface area contributed by atoms with Gasteiger partial charge in [-0.3, -0.25) is 0 Å². The third-order valence-electron chi connectivity index (χ3n) is 2.97. The summed E-state index contributed by atoms with van der Waals surface area (Å²) < 4.78 is 17.4. The van der Waals surface area contributed by atoms with Crippen LogP contribution in [-0.2, 0) is 6.54 Å². The minimum absolute atomic E-state index is 0.0142. The zero-order valence-corrected chi connectivity index (χ0v) is 9.81. The van der Waals surface area contributed by atoms with E-state index in [4.69, 9.17) is 0 Å². The molecule has 17 heavy (non-hydrogen) atoms. The number of nitrogens with one attached hydrogen (secondary N) is 1. The van der Waals surface area contributed by atoms with Crippen molar-refractivity contribution in [3.8, 4) is 11.1 Å². The molecule has 1 aliphatic heterocycles. The highest BCUT2D eigenvalue weighted by Gasteiger charge is 2.22. The van der Waals surface area contributed by atoms with Gasteiger partial charge in [0.25, 0.3) is 0 Å². The Morgan fingerprint density at radius 3 is 2.76 bits per heavy atom. The van der Waals surface area contributed by atoms with Crippen molar-refractivity contribution in [2.24, 2.45) is 0 Å². The molecule has 90 valence electrons. The first-order valence-corrected chi connectivity index (χ1v) is 5.71. The van der Waals surface area contributed by atoms with Gasteiger partial charge in [-0.25, -0.2) is 9.36 Å². The molecule has 6 heteroatoms. The molecule has 0 aliphatic carbocycles. The number of hydrogen-bond donors (Lipinski definition) is 1. The fourth-order valence-corrected chi connectivity index (χ4v) is 2.11. The molecule has 0 atom stereocenters. The molecule has 0 amide bonds. The van der Waals surface area contributed by atoms with Gasteiger partial charge in [0.15, 0.2) is 0 Å². The first-order chi connectivity index (χ1) is 8.18. The van der Waals surface area contributed by atoms with Crippen LogP contribution in [0.5, 0.6) is 0 Å². The van der Waals surface area contributed by atoms with Gasteiger partial charge < -0.3 is 5.32 Å². The number of hydrogen-bond acceptors (Lipinski definition) is 3. The molecular weight excluding hydrogens is 221 g/mol. The van der Waals surface area contributed by atoms with Crippen molar-refractivity contribution in [1.82, 2.24) is 19.6 Å². The number of halogens is 1. The summed E-state index contributed by atoms with van der Waals surface area (Å²) >= 11 is 0. The summed E-state index contributed by atoms with van der Waals surface area (Å²) in [6, 6.07) is 0.0142. The van der Waals surface area contributed by atoms with E-state index in [9.17, 15) is 4.39 Å². The molecule has 2 aromatic heterocycles. The minimum atomic E-state index is -0.301. The Hall–Kier alpha value is -1.85. The van der Waals surface area contributed by atoms with E-state index in [0.717, 1.165) is 24.5 Å². The van der Waals surface area contributed by atoms with Crippen molar-refractivity contribution >= 4 is 5.82 Å². The highest BCUT2D eigenvalue weighted by molar-refractivity contribution is 5.75. The Morgan fingerprint density at radius 2 is 2.06 bits per heavy atom. The Balaban J connectivity index is 2.10. The molecule has 5 nitrogen and oxygen atoms in total. The second kappa shape index (κ2) is 3.58. The lowest BCUT2D eigenvalue weighted by molar-refractivity contribution is 0.417. The van der Waals surface area contributed by atoms with E-state index in [1.807, 2.05) is 18.5 Å². The molecule has 0 saturated carbocycles. The van der Waals surface area contributed by atoms with E-state index in [0.29, 0.717) is 5.56 Å². The average molecular weight is 235 g/mol. The molecule has 3 rings (SSSR count). The van der Waals surface area contributed by atoms with Crippen molar-refractivity contribution in [3.63, 3.8) is 0 Å². The highest BCUT2D eigenvalue weighted by atomic mass is 19.1. The van der Waals surface area contributed by atoms with E-state index in [-0.39, 0.29) is 12.0 Å². The lowest BCUT2D eigenvalue weighted by atomic mass is 10.2. The van der Waals surface area contributed by atoms with Crippen molar-refractivity contribution in [1.29, 1.82) is 0 Å². The normalized spacial score (nSPS) is 14.1. The Kier molecular flexibility index (Phi) is 2.17. The second-order valence-corrected chi connectivity index (χ2v) is 4.44. The van der Waals surface area contributed by atoms with Crippen LogP contribution in [0, 0.1) is 5.95 Å². The van der Waals surface area contributed by atoms with Crippen LogP contribution in [0.15, 0.2) is 12.4 Å². The second-order valence-electron chi connectivity index (χ2n) is 4.44. The number of aromatic nitrogens is 4. The quantitative estimate of drug-likeness (QED) is 0.864. The topological polar surface area (TPSA) is 47.7 Å². The molecule has 0 saturated heterocycles. The van der Waals surface area contributed by atoms with Crippen molar-refractivity contribution in [2.75, 3.05) is 11.9 Å². The first kappa shape index (κ1) is 10.3. The van der Waals surface area contributed by atoms with Crippen LogP contribution in [-0.4, -0.2) is 26.1 Å². The predicted molar refractivity (Wildman–Crippen MR) is 62.3 cm³/mol. The van der Waals surface area contributed by atoms with E-state index in [2.05, 4.69) is 15.5 Å². The predicted octanol–water partition coefficient (Wildman–Crippen LogP) is 1.89. The van der Waals surface area contributed by atoms with Crippen LogP contribution in [0.1, 0.15) is 19.9 Å². The van der Waals surface area contributed by atoms with Crippen LogP contribution >= 0.6 is 0 Å². The summed E-state index contributed by atoms with van der Waals surface area (Å²) in [5, 5.41) is 11.5. The summed E-state index contributed by atoms with van der Waals surface area (Å²) in [6.07, 6.45) is 3.25. The lowest BCUT2D eigenvalue weighted by Crippen LogP contribution is -2.05. The van der Waals surface area contributed by atoms with Crippen molar-refractivity contribution < 1.29 is 4.39 Å². The molecule has 0 radical (unpaired) electrons. The van der Waals surface area contributed by atoms with Crippen molar-refractivity contribution in [2.45, 2.75) is 26.4 Å². The maximum atomic E-state index is 14.2. The van der Waals surface area contributed by atoms with E-state index >= 15 is 0 Å². The third-order valence-corrected chi connectivity index (χ3v) is 2.97. The maximum absolute atomic E-state index is 14.2. The van der Waals surface area contributed by atoms with Crippen LogP contribution in [0.4, 0.5) is 10.2 Å².